The van der Waals surface area contributed by atoms with Crippen molar-refractivity contribution >= 4 is 0 Å². The third kappa shape index (κ3) is 2.63. The molecule has 1 heterocycles. The minimum absolute atomic E-state index is 0.278. The molecule has 0 fully saturated rings. The molecule has 0 amide bonds. The van der Waals surface area contributed by atoms with Gasteiger partial charge in [-0.05, 0) is 19.1 Å². The number of phenolic OH excluding ortho intramolecular Hbond substituents is 1. The quantitative estimate of drug-likeness (QED) is 0.898. The molecule has 1 aliphatic rings. The summed E-state index contributed by atoms with van der Waals surface area (Å²) in [5.41, 5.74) is 3.30. The van der Waals surface area contributed by atoms with E-state index in [4.69, 9.17) is 4.74 Å². The number of aromatic hydroxyl groups is 1. The minimum atomic E-state index is 0.278. The zero-order valence-corrected chi connectivity index (χ0v) is 11.6. The molecule has 0 saturated carbocycles. The van der Waals surface area contributed by atoms with Crippen LogP contribution in [0.2, 0.25) is 0 Å². The van der Waals surface area contributed by atoms with Crippen LogP contribution in [0.4, 0.5) is 0 Å². The predicted molar refractivity (Wildman–Crippen MR) is 79.0 cm³/mol. The van der Waals surface area contributed by atoms with Gasteiger partial charge in [0.25, 0.3) is 0 Å². The fourth-order valence-electron chi connectivity index (χ4n) is 2.64. The zero-order chi connectivity index (χ0) is 13.9. The van der Waals surface area contributed by atoms with Crippen LogP contribution in [0.5, 0.6) is 11.5 Å². The highest BCUT2D eigenvalue weighted by Gasteiger charge is 2.20. The van der Waals surface area contributed by atoms with E-state index in [2.05, 4.69) is 11.4 Å². The van der Waals surface area contributed by atoms with Crippen LogP contribution in [0.15, 0.2) is 42.5 Å². The summed E-state index contributed by atoms with van der Waals surface area (Å²) >= 11 is 0. The number of aryl methyl sites for hydroxylation is 1. The Morgan fingerprint density at radius 3 is 3.00 bits per heavy atom. The second-order valence-electron chi connectivity index (χ2n) is 5.24. The zero-order valence-electron chi connectivity index (χ0n) is 11.6. The molecule has 104 valence electrons. The van der Waals surface area contributed by atoms with Gasteiger partial charge in [-0.3, -0.25) is 0 Å². The summed E-state index contributed by atoms with van der Waals surface area (Å²) in [5.74, 6) is 1.31. The van der Waals surface area contributed by atoms with E-state index in [-0.39, 0.29) is 6.04 Å². The van der Waals surface area contributed by atoms with Gasteiger partial charge in [-0.15, -0.1) is 0 Å². The standard InChI is InChI=1S/C17H19NO2/c1-12-6-7-16(19)13(10-12)11-18-15-8-9-20-17-5-3-2-4-14(15)17/h2-7,10,15,18-19H,8-9,11H2,1H3. The average Bonchev–Trinajstić information content (AvgIpc) is 2.48. The van der Waals surface area contributed by atoms with Gasteiger partial charge in [0.1, 0.15) is 11.5 Å². The highest BCUT2D eigenvalue weighted by Crippen LogP contribution is 2.32. The lowest BCUT2D eigenvalue weighted by Crippen LogP contribution is -2.26. The second kappa shape index (κ2) is 5.55. The third-order valence-corrected chi connectivity index (χ3v) is 3.73. The summed E-state index contributed by atoms with van der Waals surface area (Å²) in [7, 11) is 0. The van der Waals surface area contributed by atoms with Crippen LogP contribution in [0.25, 0.3) is 0 Å². The molecule has 1 unspecified atom stereocenters. The number of nitrogens with one attached hydrogen (secondary N) is 1. The molecular weight excluding hydrogens is 250 g/mol. The Kier molecular flexibility index (Phi) is 3.61. The lowest BCUT2D eigenvalue weighted by atomic mass is 10.00. The van der Waals surface area contributed by atoms with Crippen LogP contribution < -0.4 is 10.1 Å². The Bertz CT molecular complexity index is 610. The highest BCUT2D eigenvalue weighted by molar-refractivity contribution is 5.38. The molecule has 2 aromatic rings. The van der Waals surface area contributed by atoms with Crippen molar-refractivity contribution < 1.29 is 9.84 Å². The minimum Gasteiger partial charge on any atom is -0.508 e. The van der Waals surface area contributed by atoms with Crippen molar-refractivity contribution in [2.75, 3.05) is 6.61 Å². The Labute approximate surface area is 119 Å². The smallest absolute Gasteiger partial charge is 0.124 e. The number of para-hydroxylation sites is 1. The number of ether oxygens (including phenoxy) is 1. The van der Waals surface area contributed by atoms with Gasteiger partial charge in [-0.2, -0.15) is 0 Å². The fourth-order valence-corrected chi connectivity index (χ4v) is 2.64. The summed E-state index contributed by atoms with van der Waals surface area (Å²) in [5, 5.41) is 13.4. The molecule has 0 spiro atoms. The van der Waals surface area contributed by atoms with Gasteiger partial charge in [0.15, 0.2) is 0 Å². The summed E-state index contributed by atoms with van der Waals surface area (Å²) in [6, 6.07) is 14.1. The van der Waals surface area contributed by atoms with E-state index in [0.29, 0.717) is 12.3 Å². The average molecular weight is 269 g/mol. The third-order valence-electron chi connectivity index (χ3n) is 3.73. The number of benzene rings is 2. The topological polar surface area (TPSA) is 41.5 Å². The van der Waals surface area contributed by atoms with Gasteiger partial charge >= 0.3 is 0 Å². The maximum absolute atomic E-state index is 9.90. The molecule has 3 heteroatoms. The summed E-state index contributed by atoms with van der Waals surface area (Å²) in [4.78, 5) is 0. The Morgan fingerprint density at radius 2 is 2.10 bits per heavy atom. The molecule has 1 atom stereocenters. The summed E-state index contributed by atoms with van der Waals surface area (Å²) in [6.45, 7) is 3.42. The van der Waals surface area contributed by atoms with E-state index in [0.717, 1.165) is 29.9 Å². The van der Waals surface area contributed by atoms with E-state index in [1.54, 1.807) is 6.07 Å². The van der Waals surface area contributed by atoms with Crippen LogP contribution in [0.1, 0.15) is 29.2 Å². The molecule has 0 radical (unpaired) electrons. The molecule has 3 rings (SSSR count). The fraction of sp³-hybridized carbons (Fsp3) is 0.294. The molecule has 0 saturated heterocycles. The van der Waals surface area contributed by atoms with E-state index in [1.807, 2.05) is 37.3 Å². The lowest BCUT2D eigenvalue weighted by Gasteiger charge is -2.27. The molecule has 1 aliphatic heterocycles. The van der Waals surface area contributed by atoms with Crippen LogP contribution in [-0.2, 0) is 6.54 Å². The van der Waals surface area contributed by atoms with Crippen LogP contribution >= 0.6 is 0 Å². The monoisotopic (exact) mass is 269 g/mol. The molecule has 2 aromatic carbocycles. The van der Waals surface area contributed by atoms with E-state index in [1.165, 1.54) is 5.56 Å². The molecule has 3 nitrogen and oxygen atoms in total. The first-order valence-electron chi connectivity index (χ1n) is 6.97. The van der Waals surface area contributed by atoms with Gasteiger partial charge in [0.2, 0.25) is 0 Å². The largest absolute Gasteiger partial charge is 0.508 e. The maximum Gasteiger partial charge on any atom is 0.124 e. The van der Waals surface area contributed by atoms with Crippen LogP contribution in [0.3, 0.4) is 0 Å². The van der Waals surface area contributed by atoms with Gasteiger partial charge in [-0.25, -0.2) is 0 Å². The summed E-state index contributed by atoms with van der Waals surface area (Å²) < 4.78 is 5.66. The molecule has 0 bridgehead atoms. The second-order valence-corrected chi connectivity index (χ2v) is 5.24. The van der Waals surface area contributed by atoms with Crippen molar-refractivity contribution in [2.24, 2.45) is 0 Å². The van der Waals surface area contributed by atoms with Crippen molar-refractivity contribution in [1.29, 1.82) is 0 Å². The van der Waals surface area contributed by atoms with Gasteiger partial charge in [0.05, 0.1) is 6.61 Å². The first-order chi connectivity index (χ1) is 9.74. The van der Waals surface area contributed by atoms with E-state index in [9.17, 15) is 5.11 Å². The predicted octanol–water partition coefficient (Wildman–Crippen LogP) is 3.31. The van der Waals surface area contributed by atoms with Crippen molar-refractivity contribution in [2.45, 2.75) is 25.9 Å². The van der Waals surface area contributed by atoms with E-state index >= 15 is 0 Å². The lowest BCUT2D eigenvalue weighted by molar-refractivity contribution is 0.252. The number of phenols is 1. The normalized spacial score (nSPS) is 17.4. The van der Waals surface area contributed by atoms with Crippen molar-refractivity contribution in [3.05, 3.63) is 59.2 Å². The molecule has 20 heavy (non-hydrogen) atoms. The molecule has 0 aliphatic carbocycles. The Balaban J connectivity index is 1.75. The Hall–Kier alpha value is -2.00. The van der Waals surface area contributed by atoms with Crippen molar-refractivity contribution in [3.63, 3.8) is 0 Å². The maximum atomic E-state index is 9.90. The van der Waals surface area contributed by atoms with Crippen molar-refractivity contribution in [3.8, 4) is 11.5 Å². The van der Waals surface area contributed by atoms with Crippen LogP contribution in [0, 0.1) is 6.92 Å². The van der Waals surface area contributed by atoms with Gasteiger partial charge < -0.3 is 15.2 Å². The number of rotatable bonds is 3. The molecule has 0 aromatic heterocycles. The highest BCUT2D eigenvalue weighted by atomic mass is 16.5. The Morgan fingerprint density at radius 1 is 1.25 bits per heavy atom. The van der Waals surface area contributed by atoms with Gasteiger partial charge in [0, 0.05) is 30.1 Å². The first kappa shape index (κ1) is 13.0. The van der Waals surface area contributed by atoms with Gasteiger partial charge in [-0.1, -0.05) is 35.9 Å². The van der Waals surface area contributed by atoms with Crippen LogP contribution in [-0.4, -0.2) is 11.7 Å². The van der Waals surface area contributed by atoms with Crippen molar-refractivity contribution in [1.82, 2.24) is 5.32 Å². The first-order valence-corrected chi connectivity index (χ1v) is 6.97. The molecular formula is C17H19NO2. The number of fused-ring (bicyclic) bond motifs is 1. The summed E-state index contributed by atoms with van der Waals surface area (Å²) in [6.07, 6.45) is 0.948. The molecule has 2 N–H and O–H groups in total. The number of hydrogen-bond acceptors (Lipinski definition) is 3. The SMILES string of the molecule is Cc1ccc(O)c(CNC2CCOc3ccccc32)c1. The number of hydrogen-bond donors (Lipinski definition) is 2. The van der Waals surface area contributed by atoms with E-state index < -0.39 is 0 Å².